The Morgan fingerprint density at radius 1 is 0.667 bits per heavy atom. The molecule has 0 atom stereocenters. The lowest BCUT2D eigenvalue weighted by atomic mass is 10.1. The molecule has 0 N–H and O–H groups in total. The van der Waals surface area contributed by atoms with Gasteiger partial charge in [-0.2, -0.15) is 0 Å². The zero-order chi connectivity index (χ0) is 21.7. The minimum Gasteiger partial charge on any atom is -0.493 e. The number of rotatable bonds is 3. The van der Waals surface area contributed by atoms with Gasteiger partial charge < -0.3 is 18.3 Å². The topological polar surface area (TPSA) is 78.9 Å². The SMILES string of the molecule is COc1cc(Br)c(Br)c2cc(-c3cc4c(Br)c(Br)cc(OC)c4oc3=O)c(=O)oc12. The molecule has 6 nitrogen and oxygen atoms in total. The van der Waals surface area contributed by atoms with E-state index in [1.807, 2.05) is 0 Å². The van der Waals surface area contributed by atoms with Crippen LogP contribution >= 0.6 is 63.7 Å². The van der Waals surface area contributed by atoms with Crippen LogP contribution in [0.15, 0.2) is 60.6 Å². The summed E-state index contributed by atoms with van der Waals surface area (Å²) < 4.78 is 24.4. The molecule has 0 saturated carbocycles. The number of halogens is 4. The first-order valence-electron chi connectivity index (χ1n) is 8.26. The maximum atomic E-state index is 12.8. The molecule has 0 spiro atoms. The Balaban J connectivity index is 2.10. The number of methoxy groups -OCH3 is 2. The summed E-state index contributed by atoms with van der Waals surface area (Å²) in [5.41, 5.74) is -0.747. The number of ether oxygens (including phenoxy) is 2. The smallest absolute Gasteiger partial charge is 0.344 e. The quantitative estimate of drug-likeness (QED) is 0.229. The van der Waals surface area contributed by atoms with Gasteiger partial charge in [0, 0.05) is 28.7 Å². The fraction of sp³-hybridized carbons (Fsp3) is 0.100. The lowest BCUT2D eigenvalue weighted by molar-refractivity contribution is 0.406. The third-order valence-electron chi connectivity index (χ3n) is 4.48. The van der Waals surface area contributed by atoms with Gasteiger partial charge in [-0.05, 0) is 88.0 Å². The molecular weight excluding hydrogens is 656 g/mol. The highest BCUT2D eigenvalue weighted by Gasteiger charge is 2.21. The summed E-state index contributed by atoms with van der Waals surface area (Å²) >= 11 is 13.8. The molecule has 10 heteroatoms. The summed E-state index contributed by atoms with van der Waals surface area (Å²) in [6, 6.07) is 6.50. The van der Waals surface area contributed by atoms with Gasteiger partial charge in [0.25, 0.3) is 0 Å². The molecule has 0 amide bonds. The highest BCUT2D eigenvalue weighted by molar-refractivity contribution is 9.13. The van der Waals surface area contributed by atoms with Crippen molar-refractivity contribution in [1.82, 2.24) is 0 Å². The van der Waals surface area contributed by atoms with Crippen molar-refractivity contribution in [2.45, 2.75) is 0 Å². The van der Waals surface area contributed by atoms with Gasteiger partial charge in [-0.3, -0.25) is 0 Å². The van der Waals surface area contributed by atoms with Gasteiger partial charge in [0.2, 0.25) is 0 Å². The molecule has 0 radical (unpaired) electrons. The van der Waals surface area contributed by atoms with E-state index >= 15 is 0 Å². The third-order valence-corrected chi connectivity index (χ3v) is 8.51. The minimum absolute atomic E-state index is 0.0600. The van der Waals surface area contributed by atoms with Crippen molar-refractivity contribution in [3.8, 4) is 22.6 Å². The zero-order valence-corrected chi connectivity index (χ0v) is 21.6. The van der Waals surface area contributed by atoms with Crippen LogP contribution in [-0.4, -0.2) is 14.2 Å². The van der Waals surface area contributed by atoms with Crippen molar-refractivity contribution >= 4 is 85.7 Å². The average molecular weight is 666 g/mol. The van der Waals surface area contributed by atoms with Crippen LogP contribution in [0.4, 0.5) is 0 Å². The first kappa shape index (κ1) is 21.6. The highest BCUT2D eigenvalue weighted by atomic mass is 79.9. The Hall–Kier alpha value is -1.62. The molecule has 0 fully saturated rings. The highest BCUT2D eigenvalue weighted by Crippen LogP contribution is 2.40. The maximum Gasteiger partial charge on any atom is 0.344 e. The molecule has 2 heterocycles. The van der Waals surface area contributed by atoms with Crippen LogP contribution in [-0.2, 0) is 0 Å². The molecule has 2 aromatic heterocycles. The van der Waals surface area contributed by atoms with Crippen LogP contribution in [0.2, 0.25) is 0 Å². The number of hydrogen-bond donors (Lipinski definition) is 0. The number of benzene rings is 2. The van der Waals surface area contributed by atoms with E-state index in [0.29, 0.717) is 40.2 Å². The molecule has 154 valence electrons. The molecule has 0 saturated heterocycles. The van der Waals surface area contributed by atoms with Crippen molar-refractivity contribution in [2.24, 2.45) is 0 Å². The molecule has 0 bridgehead atoms. The largest absolute Gasteiger partial charge is 0.493 e. The van der Waals surface area contributed by atoms with E-state index in [0.717, 1.165) is 0 Å². The average Bonchev–Trinajstić information content (AvgIpc) is 2.73. The first-order valence-corrected chi connectivity index (χ1v) is 11.4. The van der Waals surface area contributed by atoms with E-state index in [2.05, 4.69) is 63.7 Å². The molecular formula is C20H10Br4O6. The van der Waals surface area contributed by atoms with E-state index in [4.69, 9.17) is 18.3 Å². The van der Waals surface area contributed by atoms with Gasteiger partial charge >= 0.3 is 11.3 Å². The Morgan fingerprint density at radius 3 is 1.37 bits per heavy atom. The zero-order valence-electron chi connectivity index (χ0n) is 15.3. The van der Waals surface area contributed by atoms with Crippen molar-refractivity contribution < 1.29 is 18.3 Å². The lowest BCUT2D eigenvalue weighted by Crippen LogP contribution is -2.11. The summed E-state index contributed by atoms with van der Waals surface area (Å²) in [6.07, 6.45) is 0. The van der Waals surface area contributed by atoms with E-state index < -0.39 is 11.3 Å². The number of fused-ring (bicyclic) bond motifs is 2. The molecule has 0 aliphatic carbocycles. The second kappa shape index (κ2) is 8.14. The summed E-state index contributed by atoms with van der Waals surface area (Å²) in [5.74, 6) is 0.761. The van der Waals surface area contributed by atoms with Crippen LogP contribution in [0.3, 0.4) is 0 Å². The van der Waals surface area contributed by atoms with Gasteiger partial charge in [0.05, 0.1) is 25.3 Å². The molecule has 30 heavy (non-hydrogen) atoms. The fourth-order valence-corrected chi connectivity index (χ4v) is 4.72. The predicted molar refractivity (Wildman–Crippen MR) is 128 cm³/mol. The monoisotopic (exact) mass is 662 g/mol. The first-order chi connectivity index (χ1) is 14.3. The van der Waals surface area contributed by atoms with Gasteiger partial charge in [-0.25, -0.2) is 9.59 Å². The van der Waals surface area contributed by atoms with Gasteiger partial charge in [-0.15, -0.1) is 0 Å². The van der Waals surface area contributed by atoms with E-state index in [-0.39, 0.29) is 22.3 Å². The summed E-state index contributed by atoms with van der Waals surface area (Å²) in [7, 11) is 2.95. The van der Waals surface area contributed by atoms with Gasteiger partial charge in [-0.1, -0.05) is 0 Å². The summed E-state index contributed by atoms with van der Waals surface area (Å²) in [6.45, 7) is 0. The second-order valence-electron chi connectivity index (χ2n) is 6.13. The Labute approximate surface area is 202 Å². The fourth-order valence-electron chi connectivity index (χ4n) is 3.06. The van der Waals surface area contributed by atoms with Crippen molar-refractivity contribution in [3.63, 3.8) is 0 Å². The normalized spacial score (nSPS) is 11.3. The van der Waals surface area contributed by atoms with Crippen LogP contribution < -0.4 is 20.7 Å². The van der Waals surface area contributed by atoms with E-state index in [1.165, 1.54) is 14.2 Å². The van der Waals surface area contributed by atoms with Crippen molar-refractivity contribution in [2.75, 3.05) is 14.2 Å². The Bertz CT molecular complexity index is 1340. The third kappa shape index (κ3) is 3.43. The maximum absolute atomic E-state index is 12.8. The predicted octanol–water partition coefficient (Wildman–Crippen LogP) is 6.63. The van der Waals surface area contributed by atoms with E-state index in [1.54, 1.807) is 24.3 Å². The second-order valence-corrected chi connectivity index (χ2v) is 9.42. The van der Waals surface area contributed by atoms with Gasteiger partial charge in [0.1, 0.15) is 0 Å². The van der Waals surface area contributed by atoms with Crippen LogP contribution in [0, 0.1) is 0 Å². The van der Waals surface area contributed by atoms with Crippen LogP contribution in [0.5, 0.6) is 11.5 Å². The minimum atomic E-state index is -0.695. The lowest BCUT2D eigenvalue weighted by Gasteiger charge is -2.11. The molecule has 0 aliphatic heterocycles. The van der Waals surface area contributed by atoms with Crippen molar-refractivity contribution in [3.05, 3.63) is 63.0 Å². The molecule has 4 aromatic rings. The molecule has 2 aromatic carbocycles. The molecule has 4 rings (SSSR count). The Morgan fingerprint density at radius 2 is 1.03 bits per heavy atom. The van der Waals surface area contributed by atoms with Crippen molar-refractivity contribution in [1.29, 1.82) is 0 Å². The summed E-state index contributed by atoms with van der Waals surface area (Å²) in [4.78, 5) is 25.6. The van der Waals surface area contributed by atoms with Crippen LogP contribution in [0.1, 0.15) is 0 Å². The van der Waals surface area contributed by atoms with Gasteiger partial charge in [0.15, 0.2) is 22.7 Å². The molecule has 0 unspecified atom stereocenters. The summed E-state index contributed by atoms with van der Waals surface area (Å²) in [5, 5.41) is 1.11. The van der Waals surface area contributed by atoms with Crippen LogP contribution in [0.25, 0.3) is 33.1 Å². The Kier molecular flexibility index (Phi) is 5.86. The number of hydrogen-bond acceptors (Lipinski definition) is 6. The van der Waals surface area contributed by atoms with E-state index in [9.17, 15) is 9.59 Å². The molecule has 0 aliphatic rings. The standard InChI is InChI=1S/C20H10Br4O6/c1-27-13-5-11(21)15(23)9-3-7(19(25)29-17(9)13)8-4-10-16(24)12(22)6-14(28-2)18(10)30-20(8)26/h3-6H,1-2H3.